The molecule has 0 aliphatic heterocycles. The molecular weight excluding hydrogens is 388 g/mol. The Hall–Kier alpha value is -2.68. The van der Waals surface area contributed by atoms with Crippen molar-refractivity contribution in [2.45, 2.75) is 4.90 Å². The van der Waals surface area contributed by atoms with Crippen LogP contribution in [0, 0.1) is 0 Å². The molecule has 3 aromatic rings. The smallest absolute Gasteiger partial charge is 0.246 e. The summed E-state index contributed by atoms with van der Waals surface area (Å²) in [5.74, 6) is -0.496. The standard InChI is InChI=1S/C18H17ClN4O3S/c1-22(13-18(24)21-17-10-6-5-9-16(17)19)27(25,26)15-11-20-23(12-15)14-7-3-2-4-8-14/h2-12H,13H2,1H3,(H,21,24). The fraction of sp³-hybridized carbons (Fsp3) is 0.111. The molecule has 0 bridgehead atoms. The first kappa shape index (κ1) is 19.1. The van der Waals surface area contributed by atoms with E-state index in [1.54, 1.807) is 24.3 Å². The topological polar surface area (TPSA) is 84.3 Å². The van der Waals surface area contributed by atoms with Crippen LogP contribution < -0.4 is 5.32 Å². The van der Waals surface area contributed by atoms with Gasteiger partial charge in [0.05, 0.1) is 35.3 Å². The molecular formula is C18H17ClN4O3S. The Labute approximate surface area is 162 Å². The predicted octanol–water partition coefficient (Wildman–Crippen LogP) is 2.78. The molecule has 0 atom stereocenters. The van der Waals surface area contributed by atoms with E-state index in [1.165, 1.54) is 24.1 Å². The van der Waals surface area contributed by atoms with E-state index in [9.17, 15) is 13.2 Å². The van der Waals surface area contributed by atoms with Crippen LogP contribution in [-0.2, 0) is 14.8 Å². The van der Waals surface area contributed by atoms with Gasteiger partial charge in [0.1, 0.15) is 4.90 Å². The van der Waals surface area contributed by atoms with Crippen molar-refractivity contribution in [2.24, 2.45) is 0 Å². The third kappa shape index (κ3) is 4.36. The summed E-state index contributed by atoms with van der Waals surface area (Å²) >= 11 is 5.99. The third-order valence-electron chi connectivity index (χ3n) is 3.80. The van der Waals surface area contributed by atoms with Gasteiger partial charge in [-0.1, -0.05) is 41.9 Å². The molecule has 0 aliphatic rings. The van der Waals surface area contributed by atoms with Crippen molar-refractivity contribution in [1.82, 2.24) is 14.1 Å². The lowest BCUT2D eigenvalue weighted by atomic mass is 10.3. The second kappa shape index (κ2) is 7.91. The lowest BCUT2D eigenvalue weighted by Crippen LogP contribution is -2.34. The van der Waals surface area contributed by atoms with Crippen molar-refractivity contribution in [3.8, 4) is 5.69 Å². The number of hydrogen-bond acceptors (Lipinski definition) is 4. The first-order valence-electron chi connectivity index (χ1n) is 7.99. The van der Waals surface area contributed by atoms with E-state index >= 15 is 0 Å². The molecule has 1 N–H and O–H groups in total. The number of aromatic nitrogens is 2. The van der Waals surface area contributed by atoms with Gasteiger partial charge in [0.15, 0.2) is 0 Å². The molecule has 2 aromatic carbocycles. The average molecular weight is 405 g/mol. The Balaban J connectivity index is 1.72. The van der Waals surface area contributed by atoms with Crippen LogP contribution in [0.1, 0.15) is 0 Å². The summed E-state index contributed by atoms with van der Waals surface area (Å²) in [6.45, 7) is -0.357. The fourth-order valence-electron chi connectivity index (χ4n) is 2.38. The van der Waals surface area contributed by atoms with E-state index in [-0.39, 0.29) is 11.4 Å². The van der Waals surface area contributed by atoms with Crippen LogP contribution in [0.2, 0.25) is 5.02 Å². The SMILES string of the molecule is CN(CC(=O)Nc1ccccc1Cl)S(=O)(=O)c1cnn(-c2ccccc2)c1. The minimum Gasteiger partial charge on any atom is -0.324 e. The zero-order chi connectivity index (χ0) is 19.4. The highest BCUT2D eigenvalue weighted by Gasteiger charge is 2.25. The normalized spacial score (nSPS) is 11.5. The van der Waals surface area contributed by atoms with Crippen molar-refractivity contribution in [3.05, 3.63) is 72.0 Å². The molecule has 0 fully saturated rings. The van der Waals surface area contributed by atoms with Crippen molar-refractivity contribution in [2.75, 3.05) is 18.9 Å². The molecule has 0 unspecified atom stereocenters. The number of sulfonamides is 1. The molecule has 1 amide bonds. The van der Waals surface area contributed by atoms with Gasteiger partial charge in [0.25, 0.3) is 0 Å². The Kier molecular flexibility index (Phi) is 5.59. The van der Waals surface area contributed by atoms with Crippen molar-refractivity contribution in [3.63, 3.8) is 0 Å². The second-order valence-corrected chi connectivity index (χ2v) is 8.20. The van der Waals surface area contributed by atoms with Gasteiger partial charge in [-0.15, -0.1) is 0 Å². The van der Waals surface area contributed by atoms with Gasteiger partial charge in [-0.2, -0.15) is 9.40 Å². The van der Waals surface area contributed by atoms with Crippen molar-refractivity contribution < 1.29 is 13.2 Å². The molecule has 0 radical (unpaired) electrons. The Bertz CT molecular complexity index is 1050. The summed E-state index contributed by atoms with van der Waals surface area (Å²) in [7, 11) is -2.53. The summed E-state index contributed by atoms with van der Waals surface area (Å²) < 4.78 is 27.8. The molecule has 0 saturated heterocycles. The predicted molar refractivity (Wildman–Crippen MR) is 103 cm³/mol. The second-order valence-electron chi connectivity index (χ2n) is 5.75. The number of halogens is 1. The number of nitrogens with one attached hydrogen (secondary N) is 1. The summed E-state index contributed by atoms with van der Waals surface area (Å²) in [4.78, 5) is 12.2. The molecule has 140 valence electrons. The maximum absolute atomic E-state index is 12.7. The van der Waals surface area contributed by atoms with Gasteiger partial charge >= 0.3 is 0 Å². The van der Waals surface area contributed by atoms with Gasteiger partial charge in [-0.25, -0.2) is 13.1 Å². The van der Waals surface area contributed by atoms with Crippen LogP contribution in [0.15, 0.2) is 71.9 Å². The van der Waals surface area contributed by atoms with Crippen LogP contribution in [0.4, 0.5) is 5.69 Å². The average Bonchev–Trinajstić information content (AvgIpc) is 3.15. The minimum absolute atomic E-state index is 0.000559. The van der Waals surface area contributed by atoms with E-state index < -0.39 is 15.9 Å². The van der Waals surface area contributed by atoms with Gasteiger partial charge in [-0.3, -0.25) is 4.79 Å². The largest absolute Gasteiger partial charge is 0.324 e. The molecule has 1 aromatic heterocycles. The zero-order valence-electron chi connectivity index (χ0n) is 14.4. The van der Waals surface area contributed by atoms with E-state index in [1.807, 2.05) is 30.3 Å². The lowest BCUT2D eigenvalue weighted by Gasteiger charge is -2.16. The number of likely N-dealkylation sites (N-methyl/N-ethyl adjacent to an activating group) is 1. The van der Waals surface area contributed by atoms with Crippen molar-refractivity contribution >= 4 is 33.2 Å². The van der Waals surface area contributed by atoms with Gasteiger partial charge in [-0.05, 0) is 24.3 Å². The molecule has 27 heavy (non-hydrogen) atoms. The summed E-state index contributed by atoms with van der Waals surface area (Å²) in [5.41, 5.74) is 1.16. The highest BCUT2D eigenvalue weighted by molar-refractivity contribution is 7.89. The van der Waals surface area contributed by atoms with Gasteiger partial charge < -0.3 is 5.32 Å². The fourth-order valence-corrected chi connectivity index (χ4v) is 3.62. The number of para-hydroxylation sites is 2. The minimum atomic E-state index is -3.87. The maximum atomic E-state index is 12.7. The number of carbonyl (C=O) groups excluding carboxylic acids is 1. The Morgan fingerprint density at radius 1 is 1.15 bits per heavy atom. The van der Waals surface area contributed by atoms with Crippen LogP contribution in [-0.4, -0.2) is 42.0 Å². The van der Waals surface area contributed by atoms with E-state index in [0.717, 1.165) is 9.99 Å². The molecule has 1 heterocycles. The lowest BCUT2D eigenvalue weighted by molar-refractivity contribution is -0.116. The molecule has 3 rings (SSSR count). The number of anilines is 1. The first-order chi connectivity index (χ1) is 12.9. The molecule has 7 nitrogen and oxygen atoms in total. The van der Waals surface area contributed by atoms with E-state index in [2.05, 4.69) is 10.4 Å². The molecule has 9 heteroatoms. The zero-order valence-corrected chi connectivity index (χ0v) is 16.0. The quantitative estimate of drug-likeness (QED) is 0.684. The Morgan fingerprint density at radius 2 is 1.81 bits per heavy atom. The van der Waals surface area contributed by atoms with E-state index in [4.69, 9.17) is 11.6 Å². The molecule has 0 saturated carbocycles. The number of nitrogens with zero attached hydrogens (tertiary/aromatic N) is 3. The number of rotatable bonds is 6. The number of benzene rings is 2. The maximum Gasteiger partial charge on any atom is 0.246 e. The summed E-state index contributed by atoms with van der Waals surface area (Å²) in [6.07, 6.45) is 2.66. The van der Waals surface area contributed by atoms with Crippen LogP contribution >= 0.6 is 11.6 Å². The highest BCUT2D eigenvalue weighted by atomic mass is 35.5. The van der Waals surface area contributed by atoms with Crippen LogP contribution in [0.3, 0.4) is 0 Å². The molecule has 0 aliphatic carbocycles. The monoisotopic (exact) mass is 404 g/mol. The number of carbonyl (C=O) groups is 1. The van der Waals surface area contributed by atoms with Crippen molar-refractivity contribution in [1.29, 1.82) is 0 Å². The number of amides is 1. The summed E-state index contributed by atoms with van der Waals surface area (Å²) in [6, 6.07) is 15.9. The first-order valence-corrected chi connectivity index (χ1v) is 9.80. The van der Waals surface area contributed by atoms with Gasteiger partial charge in [0, 0.05) is 7.05 Å². The molecule has 0 spiro atoms. The third-order valence-corrected chi connectivity index (χ3v) is 5.89. The number of hydrogen-bond donors (Lipinski definition) is 1. The van der Waals surface area contributed by atoms with Crippen LogP contribution in [0.25, 0.3) is 5.69 Å². The highest BCUT2D eigenvalue weighted by Crippen LogP contribution is 2.21. The van der Waals surface area contributed by atoms with Gasteiger partial charge in [0.2, 0.25) is 15.9 Å². The summed E-state index contributed by atoms with van der Waals surface area (Å²) in [5, 5.41) is 7.06. The van der Waals surface area contributed by atoms with E-state index in [0.29, 0.717) is 10.7 Å². The van der Waals surface area contributed by atoms with Crippen LogP contribution in [0.5, 0.6) is 0 Å². The Morgan fingerprint density at radius 3 is 2.52 bits per heavy atom.